The number of fused-ring (bicyclic) bond motifs is 5. The molecule has 0 saturated heterocycles. The van der Waals surface area contributed by atoms with Crippen molar-refractivity contribution >= 4 is 34.1 Å². The van der Waals surface area contributed by atoms with Crippen molar-refractivity contribution in [2.24, 2.45) is 0 Å². The molecule has 1 aromatic heterocycles. The van der Waals surface area contributed by atoms with E-state index in [-0.39, 0.29) is 5.91 Å². The van der Waals surface area contributed by atoms with Gasteiger partial charge < -0.3 is 10.2 Å². The van der Waals surface area contributed by atoms with Crippen molar-refractivity contribution in [2.75, 3.05) is 31.5 Å². The highest BCUT2D eigenvalue weighted by Gasteiger charge is 2.32. The third kappa shape index (κ3) is 2.61. The lowest BCUT2D eigenvalue weighted by atomic mass is 10.0. The lowest BCUT2D eigenvalue weighted by molar-refractivity contribution is 0.0974. The molecule has 0 spiro atoms. The molecule has 4 nitrogen and oxygen atoms in total. The summed E-state index contributed by atoms with van der Waals surface area (Å²) in [5.74, 6) is -0.0101. The molecule has 1 aliphatic rings. The van der Waals surface area contributed by atoms with Crippen molar-refractivity contribution in [1.29, 1.82) is 0 Å². The number of rotatable bonds is 6. The lowest BCUT2D eigenvalue weighted by Crippen LogP contribution is -2.28. The van der Waals surface area contributed by atoms with Crippen LogP contribution >= 0.6 is 11.6 Å². The number of anilines is 1. The summed E-state index contributed by atoms with van der Waals surface area (Å²) in [4.78, 5) is 15.5. The molecule has 0 aliphatic carbocycles. The molecule has 0 unspecified atom stereocenters. The Hall–Kier alpha value is -2.30. The second kappa shape index (κ2) is 6.78. The fourth-order valence-corrected chi connectivity index (χ4v) is 4.01. The van der Waals surface area contributed by atoms with Crippen molar-refractivity contribution in [2.45, 2.75) is 13.8 Å². The van der Waals surface area contributed by atoms with E-state index in [9.17, 15) is 4.79 Å². The molecule has 2 aromatic carbocycles. The quantitative estimate of drug-likeness (QED) is 0.536. The molecule has 3 aromatic rings. The van der Waals surface area contributed by atoms with Crippen LogP contribution in [0.5, 0.6) is 0 Å². The summed E-state index contributed by atoms with van der Waals surface area (Å²) >= 11 is 6.49. The number of para-hydroxylation sites is 1. The summed E-state index contributed by atoms with van der Waals surface area (Å²) in [7, 11) is 0. The van der Waals surface area contributed by atoms with Gasteiger partial charge in [0.1, 0.15) is 0 Å². The Balaban J connectivity index is 1.73. The maximum Gasteiger partial charge on any atom is 0.265 e. The number of hydrogen-bond donors (Lipinski definition) is 1. The molecule has 0 bridgehead atoms. The van der Waals surface area contributed by atoms with Crippen LogP contribution < -0.4 is 5.32 Å². The van der Waals surface area contributed by atoms with Crippen LogP contribution in [0, 0.1) is 0 Å². The van der Waals surface area contributed by atoms with E-state index in [1.54, 1.807) is 4.57 Å². The summed E-state index contributed by atoms with van der Waals surface area (Å²) in [6, 6.07) is 13.8. The van der Waals surface area contributed by atoms with Crippen molar-refractivity contribution in [3.05, 3.63) is 53.1 Å². The Morgan fingerprint density at radius 2 is 1.85 bits per heavy atom. The van der Waals surface area contributed by atoms with Gasteiger partial charge in [0.05, 0.1) is 21.8 Å². The zero-order valence-corrected chi connectivity index (χ0v) is 15.8. The molecule has 4 rings (SSSR count). The van der Waals surface area contributed by atoms with Crippen LogP contribution in [0.3, 0.4) is 0 Å². The molecule has 26 heavy (non-hydrogen) atoms. The fourth-order valence-electron chi connectivity index (χ4n) is 3.76. The topological polar surface area (TPSA) is 37.3 Å². The first-order valence-electron chi connectivity index (χ1n) is 9.10. The average molecular weight is 368 g/mol. The minimum atomic E-state index is -0.0101. The van der Waals surface area contributed by atoms with Gasteiger partial charge >= 0.3 is 0 Å². The standard InChI is InChI=1S/C21H22ClN3O/c1-3-24(4-2)12-11-23-16-10-9-15(22)19-18-13-14-7-5-6-8-17(14)25(18)21(26)20(16)19/h5-10,13,23H,3-4,11-12H2,1-2H3. The SMILES string of the molecule is CCN(CC)CCNc1ccc(Cl)c2c1C(=O)n1c-2cc2ccccc21. The minimum Gasteiger partial charge on any atom is -0.383 e. The number of aromatic nitrogens is 1. The van der Waals surface area contributed by atoms with Gasteiger partial charge in [0.15, 0.2) is 0 Å². The third-order valence-electron chi connectivity index (χ3n) is 5.18. The Labute approximate surface area is 158 Å². The van der Waals surface area contributed by atoms with Gasteiger partial charge in [-0.05, 0) is 37.4 Å². The molecule has 0 saturated carbocycles. The summed E-state index contributed by atoms with van der Waals surface area (Å²) in [5.41, 5.74) is 4.17. The van der Waals surface area contributed by atoms with Gasteiger partial charge in [0.2, 0.25) is 0 Å². The van der Waals surface area contributed by atoms with Crippen molar-refractivity contribution in [3.8, 4) is 11.3 Å². The van der Waals surface area contributed by atoms with Gasteiger partial charge in [0, 0.05) is 29.7 Å². The van der Waals surface area contributed by atoms with Gasteiger partial charge in [-0.2, -0.15) is 0 Å². The van der Waals surface area contributed by atoms with E-state index < -0.39 is 0 Å². The van der Waals surface area contributed by atoms with Crippen LogP contribution in [0.1, 0.15) is 24.2 Å². The van der Waals surface area contributed by atoms with E-state index in [1.807, 2.05) is 42.5 Å². The van der Waals surface area contributed by atoms with Gasteiger partial charge in [-0.15, -0.1) is 0 Å². The highest BCUT2D eigenvalue weighted by molar-refractivity contribution is 6.36. The highest BCUT2D eigenvalue weighted by Crippen LogP contribution is 2.44. The Morgan fingerprint density at radius 3 is 2.62 bits per heavy atom. The summed E-state index contributed by atoms with van der Waals surface area (Å²) < 4.78 is 1.78. The van der Waals surface area contributed by atoms with E-state index in [2.05, 4.69) is 24.1 Å². The number of carbonyl (C=O) groups is 1. The second-order valence-corrected chi connectivity index (χ2v) is 6.93. The van der Waals surface area contributed by atoms with Crippen LogP contribution in [-0.2, 0) is 0 Å². The van der Waals surface area contributed by atoms with Gasteiger partial charge in [-0.25, -0.2) is 0 Å². The third-order valence-corrected chi connectivity index (χ3v) is 5.49. The van der Waals surface area contributed by atoms with E-state index in [1.165, 1.54) is 0 Å². The molecule has 0 atom stereocenters. The highest BCUT2D eigenvalue weighted by atomic mass is 35.5. The first kappa shape index (κ1) is 17.1. The maximum atomic E-state index is 13.2. The number of nitrogens with one attached hydrogen (secondary N) is 1. The molecule has 0 fully saturated rings. The number of halogens is 1. The molecule has 1 N–H and O–H groups in total. The number of carbonyl (C=O) groups excluding carboxylic acids is 1. The van der Waals surface area contributed by atoms with Crippen LogP contribution in [0.15, 0.2) is 42.5 Å². The Bertz CT molecular complexity index is 988. The molecule has 0 radical (unpaired) electrons. The van der Waals surface area contributed by atoms with Crippen LogP contribution in [-0.4, -0.2) is 41.6 Å². The normalized spacial score (nSPS) is 12.7. The number of benzene rings is 2. The van der Waals surface area contributed by atoms with Crippen LogP contribution in [0.25, 0.3) is 22.2 Å². The monoisotopic (exact) mass is 367 g/mol. The van der Waals surface area contributed by atoms with E-state index in [0.717, 1.165) is 54.0 Å². The largest absolute Gasteiger partial charge is 0.383 e. The summed E-state index contributed by atoms with van der Waals surface area (Å²) in [6.45, 7) is 8.09. The number of hydrogen-bond acceptors (Lipinski definition) is 3. The number of nitrogens with zero attached hydrogens (tertiary/aromatic N) is 2. The average Bonchev–Trinajstić information content (AvgIpc) is 3.17. The van der Waals surface area contributed by atoms with E-state index in [0.29, 0.717) is 10.6 Å². The molecule has 134 valence electrons. The molecule has 0 amide bonds. The molecule has 1 aliphatic heterocycles. The zero-order chi connectivity index (χ0) is 18.3. The lowest BCUT2D eigenvalue weighted by Gasteiger charge is -2.19. The molecule has 2 heterocycles. The predicted molar refractivity (Wildman–Crippen MR) is 108 cm³/mol. The van der Waals surface area contributed by atoms with Gasteiger partial charge in [-0.3, -0.25) is 9.36 Å². The molecule has 5 heteroatoms. The second-order valence-electron chi connectivity index (χ2n) is 6.53. The first-order chi connectivity index (χ1) is 12.7. The fraction of sp³-hybridized carbons (Fsp3) is 0.286. The van der Waals surface area contributed by atoms with Gasteiger partial charge in [0.25, 0.3) is 5.91 Å². The molecular weight excluding hydrogens is 346 g/mol. The zero-order valence-electron chi connectivity index (χ0n) is 15.1. The van der Waals surface area contributed by atoms with Crippen molar-refractivity contribution in [1.82, 2.24) is 9.47 Å². The van der Waals surface area contributed by atoms with Crippen molar-refractivity contribution in [3.63, 3.8) is 0 Å². The first-order valence-corrected chi connectivity index (χ1v) is 9.47. The van der Waals surface area contributed by atoms with Gasteiger partial charge in [-0.1, -0.05) is 43.6 Å². The summed E-state index contributed by atoms with van der Waals surface area (Å²) in [5, 5.41) is 5.11. The predicted octanol–water partition coefficient (Wildman–Crippen LogP) is 4.72. The Morgan fingerprint density at radius 1 is 1.08 bits per heavy atom. The molecular formula is C21H22ClN3O. The maximum absolute atomic E-state index is 13.2. The van der Waals surface area contributed by atoms with Crippen LogP contribution in [0.4, 0.5) is 5.69 Å². The Kier molecular flexibility index (Phi) is 4.47. The smallest absolute Gasteiger partial charge is 0.265 e. The minimum absolute atomic E-state index is 0.0101. The van der Waals surface area contributed by atoms with E-state index >= 15 is 0 Å². The number of likely N-dealkylation sites (N-methyl/N-ethyl adjacent to an activating group) is 1. The van der Waals surface area contributed by atoms with Crippen molar-refractivity contribution < 1.29 is 4.79 Å². The van der Waals surface area contributed by atoms with E-state index in [4.69, 9.17) is 11.6 Å². The van der Waals surface area contributed by atoms with Crippen LogP contribution in [0.2, 0.25) is 5.02 Å². The summed E-state index contributed by atoms with van der Waals surface area (Å²) in [6.07, 6.45) is 0.